The Morgan fingerprint density at radius 1 is 1.31 bits per heavy atom. The Bertz CT molecular complexity index is 889. The molecule has 0 radical (unpaired) electrons. The van der Waals surface area contributed by atoms with Crippen LogP contribution in [0.2, 0.25) is 0 Å². The lowest BCUT2D eigenvalue weighted by molar-refractivity contribution is 0.100. The highest BCUT2D eigenvalue weighted by molar-refractivity contribution is 6.01. The second kappa shape index (κ2) is 6.97. The number of allylic oxidation sites excluding steroid dienone is 2. The van der Waals surface area contributed by atoms with E-state index in [2.05, 4.69) is 45.4 Å². The summed E-state index contributed by atoms with van der Waals surface area (Å²) in [5.41, 5.74) is 4.71. The Hall–Kier alpha value is -2.58. The number of H-pyrrole nitrogens is 1. The van der Waals surface area contributed by atoms with E-state index in [1.165, 1.54) is 19.5 Å². The molecule has 1 N–H and O–H groups in total. The molecule has 4 rings (SSSR count). The van der Waals surface area contributed by atoms with E-state index in [4.69, 9.17) is 0 Å². The lowest BCUT2D eigenvalue weighted by Gasteiger charge is -2.43. The van der Waals surface area contributed by atoms with Crippen LogP contribution >= 0.6 is 0 Å². The third-order valence-corrected chi connectivity index (χ3v) is 5.74. The van der Waals surface area contributed by atoms with Gasteiger partial charge >= 0.3 is 0 Å². The summed E-state index contributed by atoms with van der Waals surface area (Å²) in [4.78, 5) is 12.8. The molecule has 0 amide bonds. The van der Waals surface area contributed by atoms with E-state index in [1.54, 1.807) is 12.3 Å². The zero-order valence-electron chi connectivity index (χ0n) is 15.3. The Morgan fingerprint density at radius 2 is 2.08 bits per heavy atom. The number of likely N-dealkylation sites (tertiary alicyclic amines) is 1. The predicted octanol–water partition coefficient (Wildman–Crippen LogP) is 3.62. The molecule has 0 spiro atoms. The Labute approximate surface area is 154 Å². The molecule has 0 aromatic carbocycles. The summed E-state index contributed by atoms with van der Waals surface area (Å²) in [5.74, 6) is 0. The van der Waals surface area contributed by atoms with Gasteiger partial charge < -0.3 is 14.8 Å². The zero-order valence-corrected chi connectivity index (χ0v) is 15.3. The summed E-state index contributed by atoms with van der Waals surface area (Å²) < 4.78 is 0. The molecular weight excluding hydrogens is 322 g/mol. The second-order valence-corrected chi connectivity index (χ2v) is 7.22. The minimum atomic E-state index is 0.521. The van der Waals surface area contributed by atoms with E-state index in [9.17, 15) is 5.26 Å². The number of anilines is 1. The number of hydrogen-bond donors (Lipinski definition) is 1. The number of pyridine rings is 1. The first-order chi connectivity index (χ1) is 12.7. The van der Waals surface area contributed by atoms with Crippen LogP contribution in [0.15, 0.2) is 24.9 Å². The predicted molar refractivity (Wildman–Crippen MR) is 106 cm³/mol. The molecule has 5 heteroatoms. The monoisotopic (exact) mass is 347 g/mol. The summed E-state index contributed by atoms with van der Waals surface area (Å²) in [5, 5.41) is 10.8. The number of fused-ring (bicyclic) bond motifs is 1. The van der Waals surface area contributed by atoms with E-state index in [1.807, 2.05) is 6.08 Å². The minimum absolute atomic E-state index is 0.521. The summed E-state index contributed by atoms with van der Waals surface area (Å²) in [6.07, 6.45) is 11.2. The van der Waals surface area contributed by atoms with Crippen LogP contribution in [-0.4, -0.2) is 47.1 Å². The van der Waals surface area contributed by atoms with Gasteiger partial charge in [-0.25, -0.2) is 4.98 Å². The zero-order chi connectivity index (χ0) is 18.1. The van der Waals surface area contributed by atoms with Crippen molar-refractivity contribution in [2.45, 2.75) is 32.2 Å². The van der Waals surface area contributed by atoms with Gasteiger partial charge in [0.1, 0.15) is 6.07 Å². The standard InChI is InChI=1S/C21H25N5/c1-3-4-6-17-15(2)24-19-14-23-18(13-22)21(20(17)19)26-11-7-16(8-12-26)25-9-5-10-25/h3-4,6,14,16,24H,1,5,7-12H2,2H3. The molecule has 2 saturated heterocycles. The van der Waals surface area contributed by atoms with Crippen molar-refractivity contribution in [3.63, 3.8) is 0 Å². The first-order valence-electron chi connectivity index (χ1n) is 9.42. The minimum Gasteiger partial charge on any atom is -0.368 e. The lowest BCUT2D eigenvalue weighted by Crippen LogP contribution is -2.50. The highest BCUT2D eigenvalue weighted by Crippen LogP contribution is 2.36. The Balaban J connectivity index is 1.74. The van der Waals surface area contributed by atoms with Crippen LogP contribution in [0.4, 0.5) is 5.69 Å². The first kappa shape index (κ1) is 16.9. The number of nitriles is 1. The van der Waals surface area contributed by atoms with Gasteiger partial charge in [0, 0.05) is 35.8 Å². The molecule has 0 atom stereocenters. The molecule has 134 valence electrons. The lowest BCUT2D eigenvalue weighted by atomic mass is 9.98. The van der Waals surface area contributed by atoms with Crippen molar-refractivity contribution in [2.24, 2.45) is 0 Å². The molecule has 2 aromatic rings. The van der Waals surface area contributed by atoms with Gasteiger partial charge in [-0.3, -0.25) is 0 Å². The summed E-state index contributed by atoms with van der Waals surface area (Å²) in [6, 6.07) is 3.01. The Morgan fingerprint density at radius 3 is 2.69 bits per heavy atom. The maximum atomic E-state index is 9.68. The van der Waals surface area contributed by atoms with Crippen LogP contribution in [-0.2, 0) is 0 Å². The average molecular weight is 347 g/mol. The fourth-order valence-corrected chi connectivity index (χ4v) is 4.25. The van der Waals surface area contributed by atoms with Crippen LogP contribution in [0, 0.1) is 18.3 Å². The van der Waals surface area contributed by atoms with E-state index in [0.29, 0.717) is 11.7 Å². The van der Waals surface area contributed by atoms with Gasteiger partial charge in [-0.05, 0) is 39.3 Å². The van der Waals surface area contributed by atoms with Gasteiger partial charge in [0.2, 0.25) is 0 Å². The molecule has 0 aliphatic carbocycles. The van der Waals surface area contributed by atoms with E-state index in [-0.39, 0.29) is 0 Å². The topological polar surface area (TPSA) is 59.0 Å². The second-order valence-electron chi connectivity index (χ2n) is 7.22. The normalized spacial score (nSPS) is 19.0. The summed E-state index contributed by atoms with van der Waals surface area (Å²) in [6.45, 7) is 10.3. The average Bonchev–Trinajstić information content (AvgIpc) is 2.93. The van der Waals surface area contributed by atoms with Crippen molar-refractivity contribution in [3.8, 4) is 6.07 Å². The summed E-state index contributed by atoms with van der Waals surface area (Å²) >= 11 is 0. The fraction of sp³-hybridized carbons (Fsp3) is 0.429. The molecular formula is C21H25N5. The third-order valence-electron chi connectivity index (χ3n) is 5.74. The van der Waals surface area contributed by atoms with Gasteiger partial charge in [0.25, 0.3) is 0 Å². The van der Waals surface area contributed by atoms with E-state index in [0.717, 1.165) is 53.8 Å². The SMILES string of the molecule is C=CC=Cc1c(C)[nH]c2cnc(C#N)c(N3CCC(N4CCC4)CC3)c12. The molecule has 5 nitrogen and oxygen atoms in total. The third kappa shape index (κ3) is 2.81. The van der Waals surface area contributed by atoms with E-state index >= 15 is 0 Å². The van der Waals surface area contributed by atoms with Crippen molar-refractivity contribution >= 4 is 22.7 Å². The van der Waals surface area contributed by atoms with Crippen LogP contribution in [0.25, 0.3) is 17.0 Å². The molecule has 4 heterocycles. The van der Waals surface area contributed by atoms with E-state index < -0.39 is 0 Å². The molecule has 2 aromatic heterocycles. The van der Waals surface area contributed by atoms with Gasteiger partial charge in [-0.2, -0.15) is 5.26 Å². The van der Waals surface area contributed by atoms with Crippen LogP contribution in [0.1, 0.15) is 36.2 Å². The molecule has 0 saturated carbocycles. The van der Waals surface area contributed by atoms with Crippen molar-refractivity contribution < 1.29 is 0 Å². The largest absolute Gasteiger partial charge is 0.368 e. The highest BCUT2D eigenvalue weighted by Gasteiger charge is 2.30. The number of hydrogen-bond acceptors (Lipinski definition) is 4. The van der Waals surface area contributed by atoms with Crippen molar-refractivity contribution in [1.29, 1.82) is 5.26 Å². The number of nitrogens with one attached hydrogen (secondary N) is 1. The smallest absolute Gasteiger partial charge is 0.164 e. The molecule has 0 bridgehead atoms. The van der Waals surface area contributed by atoms with Crippen LogP contribution in [0.3, 0.4) is 0 Å². The first-order valence-corrected chi connectivity index (χ1v) is 9.42. The van der Waals surface area contributed by atoms with Gasteiger partial charge in [-0.15, -0.1) is 0 Å². The van der Waals surface area contributed by atoms with Crippen molar-refractivity contribution in [3.05, 3.63) is 41.9 Å². The van der Waals surface area contributed by atoms with Gasteiger partial charge in [0.15, 0.2) is 5.69 Å². The highest BCUT2D eigenvalue weighted by atomic mass is 15.2. The van der Waals surface area contributed by atoms with Gasteiger partial charge in [-0.1, -0.05) is 24.8 Å². The van der Waals surface area contributed by atoms with Crippen LogP contribution in [0.5, 0.6) is 0 Å². The maximum Gasteiger partial charge on any atom is 0.164 e. The molecule has 2 fully saturated rings. The summed E-state index contributed by atoms with van der Waals surface area (Å²) in [7, 11) is 0. The van der Waals surface area contributed by atoms with Crippen molar-refractivity contribution in [2.75, 3.05) is 31.1 Å². The number of nitrogens with zero attached hydrogens (tertiary/aromatic N) is 4. The fourth-order valence-electron chi connectivity index (χ4n) is 4.25. The quantitative estimate of drug-likeness (QED) is 0.858. The Kier molecular flexibility index (Phi) is 4.52. The number of piperidine rings is 1. The number of aromatic amines is 1. The number of aromatic nitrogens is 2. The number of rotatable bonds is 4. The van der Waals surface area contributed by atoms with Crippen molar-refractivity contribution in [1.82, 2.24) is 14.9 Å². The van der Waals surface area contributed by atoms with Gasteiger partial charge in [0.05, 0.1) is 17.4 Å². The van der Waals surface area contributed by atoms with Crippen LogP contribution < -0.4 is 4.90 Å². The maximum absolute atomic E-state index is 9.68. The molecule has 2 aliphatic heterocycles. The molecule has 26 heavy (non-hydrogen) atoms. The molecule has 2 aliphatic rings. The molecule has 0 unspecified atom stereocenters. The number of aryl methyl sites for hydroxylation is 1.